The highest BCUT2D eigenvalue weighted by Gasteiger charge is 2.32. The molecule has 4 nitrogen and oxygen atoms in total. The molecule has 4 unspecified atom stereocenters. The summed E-state index contributed by atoms with van der Waals surface area (Å²) >= 11 is 0. The average molecular weight is 253 g/mol. The van der Waals surface area contributed by atoms with Gasteiger partial charge in [0.05, 0.1) is 12.7 Å². The number of ether oxygens (including phenoxy) is 1. The Kier molecular flexibility index (Phi) is 4.19. The Hall–Kier alpha value is -0.160. The van der Waals surface area contributed by atoms with E-state index in [9.17, 15) is 0 Å². The number of hydrogen-bond donors (Lipinski definition) is 2. The maximum Gasteiger partial charge on any atom is 0.0827 e. The standard InChI is InChI=1S/C14H27N3O/c15-11-3-1-4-12(7-11)16-8-14-9-17-6-2-5-13(17)10-18-14/h11-14,16H,1-10,15H2. The number of morpholine rings is 1. The van der Waals surface area contributed by atoms with E-state index in [0.717, 1.165) is 26.1 Å². The zero-order valence-electron chi connectivity index (χ0n) is 11.3. The van der Waals surface area contributed by atoms with Gasteiger partial charge in [0.2, 0.25) is 0 Å². The van der Waals surface area contributed by atoms with Crippen LogP contribution in [0.15, 0.2) is 0 Å². The molecule has 3 aliphatic rings. The van der Waals surface area contributed by atoms with Crippen molar-refractivity contribution in [3.8, 4) is 0 Å². The minimum absolute atomic E-state index is 0.387. The van der Waals surface area contributed by atoms with Crippen LogP contribution in [-0.4, -0.2) is 55.4 Å². The van der Waals surface area contributed by atoms with Gasteiger partial charge in [-0.25, -0.2) is 0 Å². The molecule has 2 aliphatic heterocycles. The molecule has 0 amide bonds. The van der Waals surface area contributed by atoms with Gasteiger partial charge in [0.1, 0.15) is 0 Å². The van der Waals surface area contributed by atoms with Gasteiger partial charge in [-0.1, -0.05) is 6.42 Å². The van der Waals surface area contributed by atoms with Gasteiger partial charge in [-0.15, -0.1) is 0 Å². The summed E-state index contributed by atoms with van der Waals surface area (Å²) in [6.07, 6.45) is 7.97. The Labute approximate surface area is 110 Å². The number of fused-ring (bicyclic) bond motifs is 1. The van der Waals surface area contributed by atoms with E-state index in [1.807, 2.05) is 0 Å². The summed E-state index contributed by atoms with van der Waals surface area (Å²) < 4.78 is 5.97. The Bertz CT molecular complexity index is 274. The quantitative estimate of drug-likeness (QED) is 0.778. The average Bonchev–Trinajstić information content (AvgIpc) is 2.84. The van der Waals surface area contributed by atoms with Crippen molar-refractivity contribution >= 4 is 0 Å². The molecule has 0 bridgehead atoms. The van der Waals surface area contributed by atoms with Gasteiger partial charge in [0.15, 0.2) is 0 Å². The van der Waals surface area contributed by atoms with E-state index >= 15 is 0 Å². The van der Waals surface area contributed by atoms with Crippen molar-refractivity contribution in [2.45, 2.75) is 62.8 Å². The molecule has 0 aromatic rings. The monoisotopic (exact) mass is 253 g/mol. The second-order valence-electron chi connectivity index (χ2n) is 6.28. The lowest BCUT2D eigenvalue weighted by Crippen LogP contribution is -2.51. The van der Waals surface area contributed by atoms with Crippen LogP contribution in [0.4, 0.5) is 0 Å². The summed E-state index contributed by atoms with van der Waals surface area (Å²) in [6.45, 7) is 4.34. The summed E-state index contributed by atoms with van der Waals surface area (Å²) in [7, 11) is 0. The van der Waals surface area contributed by atoms with Crippen LogP contribution in [0, 0.1) is 0 Å². The highest BCUT2D eigenvalue weighted by atomic mass is 16.5. The number of hydrogen-bond acceptors (Lipinski definition) is 4. The topological polar surface area (TPSA) is 50.5 Å². The molecule has 0 aromatic carbocycles. The molecule has 0 radical (unpaired) electrons. The normalized spacial score (nSPS) is 41.8. The molecule has 2 saturated heterocycles. The van der Waals surface area contributed by atoms with Crippen molar-refractivity contribution in [1.29, 1.82) is 0 Å². The van der Waals surface area contributed by atoms with E-state index in [0.29, 0.717) is 24.2 Å². The van der Waals surface area contributed by atoms with Gasteiger partial charge in [-0.3, -0.25) is 4.90 Å². The molecule has 2 heterocycles. The molecule has 1 saturated carbocycles. The van der Waals surface area contributed by atoms with Crippen molar-refractivity contribution < 1.29 is 4.74 Å². The van der Waals surface area contributed by atoms with Gasteiger partial charge >= 0.3 is 0 Å². The van der Waals surface area contributed by atoms with Gasteiger partial charge < -0.3 is 15.8 Å². The molecular formula is C14H27N3O. The summed E-state index contributed by atoms with van der Waals surface area (Å²) in [5, 5.41) is 3.67. The third-order valence-electron chi connectivity index (χ3n) is 4.81. The maximum absolute atomic E-state index is 6.02. The second-order valence-corrected chi connectivity index (χ2v) is 6.28. The molecule has 1 aliphatic carbocycles. The molecule has 3 N–H and O–H groups in total. The van der Waals surface area contributed by atoms with Crippen molar-refractivity contribution in [3.05, 3.63) is 0 Å². The fourth-order valence-electron chi connectivity index (χ4n) is 3.72. The predicted molar refractivity (Wildman–Crippen MR) is 72.6 cm³/mol. The first-order valence-corrected chi connectivity index (χ1v) is 7.66. The van der Waals surface area contributed by atoms with Crippen LogP contribution in [0.25, 0.3) is 0 Å². The van der Waals surface area contributed by atoms with Crippen LogP contribution in [0.1, 0.15) is 38.5 Å². The minimum atomic E-state index is 0.387. The van der Waals surface area contributed by atoms with E-state index in [-0.39, 0.29) is 0 Å². The first kappa shape index (κ1) is 12.9. The third kappa shape index (κ3) is 3.05. The van der Waals surface area contributed by atoms with Crippen molar-refractivity contribution in [1.82, 2.24) is 10.2 Å². The number of nitrogens with zero attached hydrogens (tertiary/aromatic N) is 1. The SMILES string of the molecule is NC1CCCC(NCC2CN3CCCC3CO2)C1. The zero-order valence-corrected chi connectivity index (χ0v) is 11.3. The van der Waals surface area contributed by atoms with E-state index in [4.69, 9.17) is 10.5 Å². The van der Waals surface area contributed by atoms with E-state index in [1.54, 1.807) is 0 Å². The smallest absolute Gasteiger partial charge is 0.0827 e. The van der Waals surface area contributed by atoms with Gasteiger partial charge in [-0.2, -0.15) is 0 Å². The summed E-state index contributed by atoms with van der Waals surface area (Å²) in [6, 6.07) is 1.74. The first-order chi connectivity index (χ1) is 8.81. The lowest BCUT2D eigenvalue weighted by Gasteiger charge is -2.36. The number of nitrogens with one attached hydrogen (secondary N) is 1. The fraction of sp³-hybridized carbons (Fsp3) is 1.00. The molecule has 104 valence electrons. The largest absolute Gasteiger partial charge is 0.374 e. The highest BCUT2D eigenvalue weighted by molar-refractivity contribution is 4.87. The van der Waals surface area contributed by atoms with Gasteiger partial charge in [-0.05, 0) is 38.6 Å². The van der Waals surface area contributed by atoms with Crippen LogP contribution in [0.5, 0.6) is 0 Å². The Morgan fingerprint density at radius 2 is 2.17 bits per heavy atom. The molecular weight excluding hydrogens is 226 g/mol. The van der Waals surface area contributed by atoms with Crippen molar-refractivity contribution in [3.63, 3.8) is 0 Å². The summed E-state index contributed by atoms with van der Waals surface area (Å²) in [4.78, 5) is 2.61. The molecule has 3 fully saturated rings. The summed E-state index contributed by atoms with van der Waals surface area (Å²) in [5.41, 5.74) is 6.02. The van der Waals surface area contributed by atoms with Crippen molar-refractivity contribution in [2.24, 2.45) is 5.73 Å². The van der Waals surface area contributed by atoms with E-state index in [1.165, 1.54) is 38.6 Å². The number of rotatable bonds is 3. The first-order valence-electron chi connectivity index (χ1n) is 7.66. The molecule has 0 aromatic heterocycles. The fourth-order valence-corrected chi connectivity index (χ4v) is 3.72. The van der Waals surface area contributed by atoms with Crippen LogP contribution in [0.3, 0.4) is 0 Å². The highest BCUT2D eigenvalue weighted by Crippen LogP contribution is 2.23. The van der Waals surface area contributed by atoms with E-state index < -0.39 is 0 Å². The lowest BCUT2D eigenvalue weighted by atomic mass is 9.91. The third-order valence-corrected chi connectivity index (χ3v) is 4.81. The predicted octanol–water partition coefficient (Wildman–Crippen LogP) is 0.709. The molecule has 3 rings (SSSR count). The van der Waals surface area contributed by atoms with Crippen LogP contribution in [0.2, 0.25) is 0 Å². The minimum Gasteiger partial charge on any atom is -0.374 e. The Morgan fingerprint density at radius 1 is 1.22 bits per heavy atom. The summed E-state index contributed by atoms with van der Waals surface area (Å²) in [5.74, 6) is 0. The van der Waals surface area contributed by atoms with Crippen LogP contribution >= 0.6 is 0 Å². The van der Waals surface area contributed by atoms with E-state index in [2.05, 4.69) is 10.2 Å². The molecule has 18 heavy (non-hydrogen) atoms. The Balaban J connectivity index is 1.40. The second kappa shape index (κ2) is 5.87. The Morgan fingerprint density at radius 3 is 3.06 bits per heavy atom. The number of nitrogens with two attached hydrogens (primary N) is 1. The zero-order chi connectivity index (χ0) is 12.4. The maximum atomic E-state index is 6.02. The van der Waals surface area contributed by atoms with Crippen LogP contribution in [-0.2, 0) is 4.74 Å². The van der Waals surface area contributed by atoms with Gasteiger partial charge in [0.25, 0.3) is 0 Å². The lowest BCUT2D eigenvalue weighted by molar-refractivity contribution is -0.0482. The van der Waals surface area contributed by atoms with Gasteiger partial charge in [0, 0.05) is 31.2 Å². The molecule has 4 heteroatoms. The van der Waals surface area contributed by atoms with Crippen molar-refractivity contribution in [2.75, 3.05) is 26.2 Å². The molecule has 4 atom stereocenters. The molecule has 0 spiro atoms. The van der Waals surface area contributed by atoms with Crippen LogP contribution < -0.4 is 11.1 Å².